The highest BCUT2D eigenvalue weighted by Gasteiger charge is 2.34. The fourth-order valence-electron chi connectivity index (χ4n) is 2.80. The Balaban J connectivity index is 1.78. The van der Waals surface area contributed by atoms with Crippen LogP contribution < -0.4 is 15.4 Å². The molecule has 142 valence electrons. The van der Waals surface area contributed by atoms with E-state index in [0.717, 1.165) is 17.7 Å². The quantitative estimate of drug-likeness (QED) is 0.757. The molecule has 9 heteroatoms. The van der Waals surface area contributed by atoms with Crippen molar-refractivity contribution in [3.63, 3.8) is 0 Å². The number of fused-ring (bicyclic) bond motifs is 1. The van der Waals surface area contributed by atoms with Gasteiger partial charge in [0.1, 0.15) is 5.75 Å². The Morgan fingerprint density at radius 3 is 2.59 bits per heavy atom. The number of carboxylic acid groups (broad SMARTS) is 1. The Kier molecular flexibility index (Phi) is 4.93. The number of carbonyl (C=O) groups is 2. The Morgan fingerprint density at radius 2 is 1.89 bits per heavy atom. The maximum atomic E-state index is 13.0. The Hall–Kier alpha value is -3.23. The fourth-order valence-corrected chi connectivity index (χ4v) is 2.80. The number of halogens is 3. The number of nitrogens with one attached hydrogen (secondary N) is 2. The van der Waals surface area contributed by atoms with E-state index in [9.17, 15) is 27.9 Å². The number of anilines is 1. The predicted octanol–water partition coefficient (Wildman–Crippen LogP) is 3.59. The van der Waals surface area contributed by atoms with Crippen LogP contribution in [0.5, 0.6) is 5.75 Å². The van der Waals surface area contributed by atoms with Gasteiger partial charge in [0.15, 0.2) is 6.04 Å². The van der Waals surface area contributed by atoms with Crippen LogP contribution in [0.25, 0.3) is 0 Å². The molecular formula is C18H15F3N2O4. The lowest BCUT2D eigenvalue weighted by Gasteiger charge is -2.18. The first-order chi connectivity index (χ1) is 12.8. The Bertz CT molecular complexity index is 883. The van der Waals surface area contributed by atoms with Gasteiger partial charge in [0.05, 0.1) is 17.9 Å². The number of benzene rings is 2. The van der Waals surface area contributed by atoms with Gasteiger partial charge in [-0.2, -0.15) is 13.2 Å². The van der Waals surface area contributed by atoms with E-state index in [2.05, 4.69) is 10.6 Å². The number of para-hydroxylation sites is 1. The fraction of sp³-hybridized carbons (Fsp3) is 0.222. The standard InChI is InChI=1S/C18H15F3N2O4/c19-18(20,21)12-3-1-2-4-13(12)22-17(26)23-15(16(24)25)11-5-6-14-10(9-11)7-8-27-14/h1-6,9,15H,7-8H2,(H,24,25)(H2,22,23,26). The molecule has 1 atom stereocenters. The monoisotopic (exact) mass is 380 g/mol. The summed E-state index contributed by atoms with van der Waals surface area (Å²) in [6.45, 7) is 0.485. The highest BCUT2D eigenvalue weighted by molar-refractivity contribution is 5.93. The maximum absolute atomic E-state index is 13.0. The summed E-state index contributed by atoms with van der Waals surface area (Å²) < 4.78 is 44.4. The first-order valence-electron chi connectivity index (χ1n) is 7.98. The summed E-state index contributed by atoms with van der Waals surface area (Å²) in [6.07, 6.45) is -4.04. The zero-order valence-corrected chi connectivity index (χ0v) is 13.8. The molecule has 2 amide bonds. The van der Waals surface area contributed by atoms with E-state index in [0.29, 0.717) is 24.3 Å². The van der Waals surface area contributed by atoms with E-state index in [-0.39, 0.29) is 0 Å². The topological polar surface area (TPSA) is 87.7 Å². The largest absolute Gasteiger partial charge is 0.493 e. The second kappa shape index (κ2) is 7.18. The lowest BCUT2D eigenvalue weighted by Crippen LogP contribution is -2.37. The van der Waals surface area contributed by atoms with E-state index in [1.165, 1.54) is 18.2 Å². The molecule has 27 heavy (non-hydrogen) atoms. The van der Waals surface area contributed by atoms with Crippen LogP contribution in [0, 0.1) is 0 Å². The second-order valence-electron chi connectivity index (χ2n) is 5.88. The van der Waals surface area contributed by atoms with Crippen LogP contribution in [-0.4, -0.2) is 23.7 Å². The smallest absolute Gasteiger partial charge is 0.418 e. The molecule has 0 aliphatic carbocycles. The molecule has 1 unspecified atom stereocenters. The Morgan fingerprint density at radius 1 is 1.15 bits per heavy atom. The molecule has 0 saturated carbocycles. The summed E-state index contributed by atoms with van der Waals surface area (Å²) in [7, 11) is 0. The van der Waals surface area contributed by atoms with Gasteiger partial charge in [-0.25, -0.2) is 9.59 Å². The maximum Gasteiger partial charge on any atom is 0.418 e. The van der Waals surface area contributed by atoms with E-state index < -0.39 is 35.5 Å². The molecule has 0 radical (unpaired) electrons. The van der Waals surface area contributed by atoms with Crippen LogP contribution in [0.15, 0.2) is 42.5 Å². The van der Waals surface area contributed by atoms with Crippen LogP contribution in [-0.2, 0) is 17.4 Å². The third-order valence-electron chi connectivity index (χ3n) is 4.05. The van der Waals surface area contributed by atoms with E-state index in [1.54, 1.807) is 12.1 Å². The third-order valence-corrected chi connectivity index (χ3v) is 4.05. The molecule has 1 heterocycles. The summed E-state index contributed by atoms with van der Waals surface area (Å²) in [5.74, 6) is -0.695. The molecule has 3 rings (SSSR count). The van der Waals surface area contributed by atoms with Gasteiger partial charge < -0.3 is 20.5 Å². The number of hydrogen-bond donors (Lipinski definition) is 3. The first-order valence-corrected chi connectivity index (χ1v) is 7.98. The minimum absolute atomic E-state index is 0.297. The van der Waals surface area contributed by atoms with Crippen molar-refractivity contribution in [2.45, 2.75) is 18.6 Å². The molecule has 1 aliphatic rings. The number of rotatable bonds is 4. The number of alkyl halides is 3. The molecule has 0 bridgehead atoms. The average Bonchev–Trinajstić information content (AvgIpc) is 3.06. The molecule has 0 spiro atoms. The van der Waals surface area contributed by atoms with Crippen molar-refractivity contribution in [3.05, 3.63) is 59.2 Å². The van der Waals surface area contributed by atoms with Crippen molar-refractivity contribution in [3.8, 4) is 5.75 Å². The highest BCUT2D eigenvalue weighted by atomic mass is 19.4. The number of ether oxygens (including phenoxy) is 1. The van der Waals surface area contributed by atoms with Crippen molar-refractivity contribution >= 4 is 17.7 Å². The summed E-state index contributed by atoms with van der Waals surface area (Å²) in [5.41, 5.74) is -0.384. The average molecular weight is 380 g/mol. The first kappa shape index (κ1) is 18.6. The van der Waals surface area contributed by atoms with Crippen LogP contribution in [0.1, 0.15) is 22.7 Å². The second-order valence-corrected chi connectivity index (χ2v) is 5.88. The van der Waals surface area contributed by atoms with Gasteiger partial charge >= 0.3 is 18.2 Å². The van der Waals surface area contributed by atoms with Gasteiger partial charge in [0.2, 0.25) is 0 Å². The number of carbonyl (C=O) groups excluding carboxylic acids is 1. The van der Waals surface area contributed by atoms with Crippen LogP contribution in [0.4, 0.5) is 23.7 Å². The Labute approximate surface area is 151 Å². The molecular weight excluding hydrogens is 365 g/mol. The minimum Gasteiger partial charge on any atom is -0.493 e. The molecule has 0 saturated heterocycles. The van der Waals surface area contributed by atoms with Gasteiger partial charge in [0.25, 0.3) is 0 Å². The predicted molar refractivity (Wildman–Crippen MR) is 89.6 cm³/mol. The minimum atomic E-state index is -4.66. The van der Waals surface area contributed by atoms with E-state index in [1.807, 2.05) is 0 Å². The molecule has 0 fully saturated rings. The van der Waals surface area contributed by atoms with Crippen molar-refractivity contribution in [2.24, 2.45) is 0 Å². The molecule has 2 aromatic carbocycles. The summed E-state index contributed by atoms with van der Waals surface area (Å²) in [4.78, 5) is 23.7. The molecule has 2 aromatic rings. The zero-order valence-electron chi connectivity index (χ0n) is 13.8. The number of urea groups is 1. The summed E-state index contributed by atoms with van der Waals surface area (Å²) in [6, 6.07) is 6.66. The van der Waals surface area contributed by atoms with Gasteiger partial charge in [-0.15, -0.1) is 0 Å². The van der Waals surface area contributed by atoms with Gasteiger partial charge in [-0.05, 0) is 35.4 Å². The highest BCUT2D eigenvalue weighted by Crippen LogP contribution is 2.34. The normalized spacial score (nSPS) is 14.0. The van der Waals surface area contributed by atoms with E-state index >= 15 is 0 Å². The molecule has 3 N–H and O–H groups in total. The summed E-state index contributed by atoms with van der Waals surface area (Å²) >= 11 is 0. The van der Waals surface area contributed by atoms with Crippen molar-refractivity contribution in [2.75, 3.05) is 11.9 Å². The molecule has 6 nitrogen and oxygen atoms in total. The zero-order chi connectivity index (χ0) is 19.6. The third kappa shape index (κ3) is 4.13. The lowest BCUT2D eigenvalue weighted by atomic mass is 10.0. The number of hydrogen-bond acceptors (Lipinski definition) is 3. The van der Waals surface area contributed by atoms with Gasteiger partial charge in [-0.1, -0.05) is 18.2 Å². The molecule has 0 aromatic heterocycles. The van der Waals surface area contributed by atoms with Crippen molar-refractivity contribution < 1.29 is 32.6 Å². The lowest BCUT2D eigenvalue weighted by molar-refractivity contribution is -0.139. The van der Waals surface area contributed by atoms with Crippen LogP contribution >= 0.6 is 0 Å². The summed E-state index contributed by atoms with van der Waals surface area (Å²) in [5, 5.41) is 13.7. The SMILES string of the molecule is O=C(Nc1ccccc1C(F)(F)F)NC(C(=O)O)c1ccc2c(c1)CCO2. The van der Waals surface area contributed by atoms with Crippen molar-refractivity contribution in [1.82, 2.24) is 5.32 Å². The van der Waals surface area contributed by atoms with Crippen LogP contribution in [0.3, 0.4) is 0 Å². The number of amides is 2. The van der Waals surface area contributed by atoms with Crippen LogP contribution in [0.2, 0.25) is 0 Å². The number of carboxylic acids is 1. The molecule has 1 aliphatic heterocycles. The van der Waals surface area contributed by atoms with Gasteiger partial charge in [0, 0.05) is 6.42 Å². The van der Waals surface area contributed by atoms with E-state index in [4.69, 9.17) is 4.74 Å². The van der Waals surface area contributed by atoms with Gasteiger partial charge in [-0.3, -0.25) is 0 Å². The number of aliphatic carboxylic acids is 1. The van der Waals surface area contributed by atoms with Crippen molar-refractivity contribution in [1.29, 1.82) is 0 Å².